The molecule has 1 amide bonds. The van der Waals surface area contributed by atoms with Gasteiger partial charge in [-0.1, -0.05) is 72.3 Å². The number of hydrogen-bond acceptors (Lipinski definition) is 6. The number of halogens is 1. The van der Waals surface area contributed by atoms with Crippen molar-refractivity contribution in [3.8, 4) is 5.75 Å². The minimum Gasteiger partial charge on any atom is -0.492 e. The van der Waals surface area contributed by atoms with Gasteiger partial charge in [0.25, 0.3) is 5.91 Å². The number of para-hydroxylation sites is 1. The van der Waals surface area contributed by atoms with Crippen LogP contribution in [0.25, 0.3) is 0 Å². The van der Waals surface area contributed by atoms with Gasteiger partial charge in [-0.15, -0.1) is 0 Å². The first kappa shape index (κ1) is 30.0. The summed E-state index contributed by atoms with van der Waals surface area (Å²) in [5.41, 5.74) is 3.31. The van der Waals surface area contributed by atoms with Crippen molar-refractivity contribution in [2.75, 3.05) is 31.1 Å². The van der Waals surface area contributed by atoms with Crippen LogP contribution in [0.1, 0.15) is 52.5 Å². The summed E-state index contributed by atoms with van der Waals surface area (Å²) in [6.45, 7) is 1.31. The van der Waals surface area contributed by atoms with E-state index in [0.29, 0.717) is 40.8 Å². The Morgan fingerprint density at radius 2 is 1.67 bits per heavy atom. The fraction of sp³-hybridized carbons (Fsp3) is 0.294. The molecule has 0 spiro atoms. The highest BCUT2D eigenvalue weighted by Crippen LogP contribution is 2.35. The second kappa shape index (κ2) is 14.6. The standard InChI is InChI=1S/C34H35ClN4O4/c35-27-16-14-26(15-17-27)31-12-7-20-39(31)34-36-24-29(30(37-34)18-13-25-8-3-1-4-9-25)33(42)38(21-19-32(40)41)22-23-43-28-10-5-2-6-11-28/h1-6,8-11,14-17,24,31H,7,12-13,18-23H2,(H,40,41)/t31-/m0/s1. The molecule has 5 rings (SSSR count). The average molecular weight is 599 g/mol. The normalized spacial score (nSPS) is 14.4. The molecule has 1 saturated heterocycles. The Balaban J connectivity index is 1.41. The van der Waals surface area contributed by atoms with Crippen LogP contribution < -0.4 is 9.64 Å². The number of aromatic nitrogens is 2. The van der Waals surface area contributed by atoms with Gasteiger partial charge >= 0.3 is 5.97 Å². The molecule has 1 aliphatic heterocycles. The molecular weight excluding hydrogens is 564 g/mol. The van der Waals surface area contributed by atoms with Crippen LogP contribution >= 0.6 is 11.6 Å². The van der Waals surface area contributed by atoms with Gasteiger partial charge in [-0.25, -0.2) is 9.97 Å². The van der Waals surface area contributed by atoms with Crippen LogP contribution in [0, 0.1) is 0 Å². The number of carboxylic acids is 1. The third-order valence-electron chi connectivity index (χ3n) is 7.60. The van der Waals surface area contributed by atoms with Crippen LogP contribution in [0.2, 0.25) is 5.02 Å². The monoisotopic (exact) mass is 598 g/mol. The van der Waals surface area contributed by atoms with E-state index in [1.165, 1.54) is 4.90 Å². The smallest absolute Gasteiger partial charge is 0.305 e. The van der Waals surface area contributed by atoms with Crippen molar-refractivity contribution >= 4 is 29.4 Å². The molecule has 1 fully saturated rings. The summed E-state index contributed by atoms with van der Waals surface area (Å²) >= 11 is 6.14. The lowest BCUT2D eigenvalue weighted by Gasteiger charge is -2.27. The van der Waals surface area contributed by atoms with Crippen molar-refractivity contribution in [2.24, 2.45) is 0 Å². The molecule has 222 valence electrons. The van der Waals surface area contributed by atoms with E-state index in [4.69, 9.17) is 21.3 Å². The van der Waals surface area contributed by atoms with Crippen LogP contribution in [-0.2, 0) is 17.6 Å². The minimum atomic E-state index is -0.972. The van der Waals surface area contributed by atoms with Crippen LogP contribution in [0.15, 0.2) is 91.1 Å². The lowest BCUT2D eigenvalue weighted by atomic mass is 10.0. The molecule has 3 aromatic carbocycles. The number of carbonyl (C=O) groups is 2. The highest BCUT2D eigenvalue weighted by atomic mass is 35.5. The van der Waals surface area contributed by atoms with E-state index in [9.17, 15) is 14.7 Å². The molecule has 1 aliphatic rings. The zero-order valence-corrected chi connectivity index (χ0v) is 24.7. The van der Waals surface area contributed by atoms with Gasteiger partial charge in [0.2, 0.25) is 5.95 Å². The van der Waals surface area contributed by atoms with E-state index in [1.54, 1.807) is 6.20 Å². The van der Waals surface area contributed by atoms with Crippen molar-refractivity contribution in [1.82, 2.24) is 14.9 Å². The number of aryl methyl sites for hydroxylation is 2. The van der Waals surface area contributed by atoms with Crippen molar-refractivity contribution in [2.45, 2.75) is 38.1 Å². The Bertz CT molecular complexity index is 1500. The molecule has 0 aliphatic carbocycles. The Morgan fingerprint density at radius 3 is 2.40 bits per heavy atom. The second-order valence-electron chi connectivity index (χ2n) is 10.5. The molecule has 1 N–H and O–H groups in total. The maximum atomic E-state index is 14.0. The van der Waals surface area contributed by atoms with Crippen LogP contribution in [0.4, 0.5) is 5.95 Å². The molecule has 43 heavy (non-hydrogen) atoms. The number of carbonyl (C=O) groups excluding carboxylic acids is 1. The number of amides is 1. The highest BCUT2D eigenvalue weighted by Gasteiger charge is 2.30. The molecule has 1 atom stereocenters. The van der Waals surface area contributed by atoms with Gasteiger partial charge in [-0.05, 0) is 61.1 Å². The summed E-state index contributed by atoms with van der Waals surface area (Å²) in [6.07, 6.45) is 4.63. The lowest BCUT2D eigenvalue weighted by Crippen LogP contribution is -2.37. The third-order valence-corrected chi connectivity index (χ3v) is 7.85. The lowest BCUT2D eigenvalue weighted by molar-refractivity contribution is -0.137. The fourth-order valence-electron chi connectivity index (χ4n) is 5.37. The number of aliphatic carboxylic acids is 1. The van der Waals surface area contributed by atoms with Crippen LogP contribution in [-0.4, -0.2) is 58.1 Å². The summed E-state index contributed by atoms with van der Waals surface area (Å²) in [5, 5.41) is 10.1. The van der Waals surface area contributed by atoms with E-state index in [2.05, 4.69) is 22.0 Å². The molecule has 8 nitrogen and oxygen atoms in total. The summed E-state index contributed by atoms with van der Waals surface area (Å²) < 4.78 is 5.83. The van der Waals surface area contributed by atoms with E-state index in [0.717, 1.165) is 30.5 Å². The molecule has 2 heterocycles. The minimum absolute atomic E-state index is 0.0525. The first-order valence-electron chi connectivity index (χ1n) is 14.6. The van der Waals surface area contributed by atoms with Gasteiger partial charge in [0.05, 0.1) is 30.3 Å². The number of hydrogen-bond donors (Lipinski definition) is 1. The Kier molecular flexibility index (Phi) is 10.2. The van der Waals surface area contributed by atoms with Gasteiger partial charge in [0.1, 0.15) is 12.4 Å². The van der Waals surface area contributed by atoms with Gasteiger partial charge in [-0.3, -0.25) is 9.59 Å². The van der Waals surface area contributed by atoms with E-state index < -0.39 is 5.97 Å². The summed E-state index contributed by atoms with van der Waals surface area (Å²) in [4.78, 5) is 38.8. The predicted octanol–water partition coefficient (Wildman–Crippen LogP) is 6.25. The Morgan fingerprint density at radius 1 is 0.953 bits per heavy atom. The van der Waals surface area contributed by atoms with Gasteiger partial charge in [-0.2, -0.15) is 0 Å². The average Bonchev–Trinajstić information content (AvgIpc) is 3.53. The number of rotatable bonds is 13. The third kappa shape index (κ3) is 8.11. The largest absolute Gasteiger partial charge is 0.492 e. The zero-order valence-electron chi connectivity index (χ0n) is 23.9. The first-order valence-corrected chi connectivity index (χ1v) is 15.0. The molecule has 0 bridgehead atoms. The number of nitrogens with zero attached hydrogens (tertiary/aromatic N) is 4. The van der Waals surface area contributed by atoms with Gasteiger partial charge in [0, 0.05) is 24.3 Å². The molecule has 1 aromatic heterocycles. The van der Waals surface area contributed by atoms with Crippen molar-refractivity contribution < 1.29 is 19.4 Å². The maximum absolute atomic E-state index is 14.0. The fourth-order valence-corrected chi connectivity index (χ4v) is 5.49. The summed E-state index contributed by atoms with van der Waals surface area (Å²) in [6, 6.07) is 27.4. The van der Waals surface area contributed by atoms with Crippen LogP contribution in [0.5, 0.6) is 5.75 Å². The van der Waals surface area contributed by atoms with Gasteiger partial charge in [0.15, 0.2) is 0 Å². The van der Waals surface area contributed by atoms with Crippen molar-refractivity contribution in [3.05, 3.63) is 119 Å². The number of anilines is 1. The Labute approximate surface area is 256 Å². The van der Waals surface area contributed by atoms with Crippen molar-refractivity contribution in [3.63, 3.8) is 0 Å². The maximum Gasteiger partial charge on any atom is 0.305 e. The quantitative estimate of drug-likeness (QED) is 0.194. The second-order valence-corrected chi connectivity index (χ2v) is 11.0. The van der Waals surface area contributed by atoms with Crippen molar-refractivity contribution in [1.29, 1.82) is 0 Å². The molecule has 9 heteroatoms. The van der Waals surface area contributed by atoms with E-state index in [1.807, 2.05) is 72.8 Å². The van der Waals surface area contributed by atoms with Gasteiger partial charge < -0.3 is 19.6 Å². The van der Waals surface area contributed by atoms with E-state index >= 15 is 0 Å². The SMILES string of the molecule is O=C(O)CCN(CCOc1ccccc1)C(=O)c1cnc(N2CCC[C@H]2c2ccc(Cl)cc2)nc1CCc1ccccc1. The molecule has 4 aromatic rings. The zero-order chi connectivity index (χ0) is 30.0. The van der Waals surface area contributed by atoms with E-state index in [-0.39, 0.29) is 38.1 Å². The highest BCUT2D eigenvalue weighted by molar-refractivity contribution is 6.30. The topological polar surface area (TPSA) is 95.9 Å². The Hall–Kier alpha value is -4.43. The first-order chi connectivity index (χ1) is 21.0. The number of carboxylic acid groups (broad SMARTS) is 1. The predicted molar refractivity (Wildman–Crippen MR) is 167 cm³/mol. The van der Waals surface area contributed by atoms with Crippen LogP contribution in [0.3, 0.4) is 0 Å². The molecule has 0 radical (unpaired) electrons. The summed E-state index contributed by atoms with van der Waals surface area (Å²) in [7, 11) is 0. The summed E-state index contributed by atoms with van der Waals surface area (Å²) in [5.74, 6) is -0.00469. The number of ether oxygens (including phenoxy) is 1. The number of benzene rings is 3. The molecule has 0 saturated carbocycles. The molecule has 0 unspecified atom stereocenters. The molecular formula is C34H35ClN4O4.